The van der Waals surface area contributed by atoms with Crippen molar-refractivity contribution >= 4 is 40.0 Å². The van der Waals surface area contributed by atoms with Crippen molar-refractivity contribution in [3.63, 3.8) is 0 Å². The third-order valence-electron chi connectivity index (χ3n) is 4.00. The van der Waals surface area contributed by atoms with Gasteiger partial charge in [-0.3, -0.25) is 0 Å². The number of sulfonamides is 1. The Morgan fingerprint density at radius 3 is 2.42 bits per heavy atom. The second-order valence-corrected chi connectivity index (χ2v) is 8.58. The Bertz CT molecular complexity index is 897. The van der Waals surface area contributed by atoms with Crippen LogP contribution in [-0.4, -0.2) is 45.9 Å². The summed E-state index contributed by atoms with van der Waals surface area (Å²) in [5, 5.41) is 6.09. The van der Waals surface area contributed by atoms with E-state index in [1.165, 1.54) is 12.1 Å². The molecule has 0 fully saturated rings. The van der Waals surface area contributed by atoms with Crippen LogP contribution >= 0.6 is 24.0 Å². The second-order valence-electron chi connectivity index (χ2n) is 6.65. The van der Waals surface area contributed by atoms with Crippen LogP contribution < -0.4 is 20.1 Å². The highest BCUT2D eigenvalue weighted by Gasteiger charge is 2.11. The molecule has 0 aliphatic carbocycles. The van der Waals surface area contributed by atoms with E-state index >= 15 is 0 Å². The van der Waals surface area contributed by atoms with E-state index in [1.807, 2.05) is 44.2 Å². The van der Waals surface area contributed by atoms with Crippen molar-refractivity contribution in [2.45, 2.75) is 26.5 Å². The van der Waals surface area contributed by atoms with E-state index < -0.39 is 10.0 Å². The summed E-state index contributed by atoms with van der Waals surface area (Å²) >= 11 is 0. The van der Waals surface area contributed by atoms with Gasteiger partial charge in [-0.05, 0) is 43.7 Å². The van der Waals surface area contributed by atoms with Crippen molar-refractivity contribution in [1.82, 2.24) is 15.4 Å². The van der Waals surface area contributed by atoms with Crippen LogP contribution in [0.3, 0.4) is 0 Å². The molecule has 0 aromatic heterocycles. The number of nitrogens with zero attached hydrogens (tertiary/aromatic N) is 1. The van der Waals surface area contributed by atoms with Gasteiger partial charge in [0, 0.05) is 19.6 Å². The van der Waals surface area contributed by atoms with Gasteiger partial charge in [0.05, 0.1) is 12.3 Å². The third-order valence-corrected chi connectivity index (χ3v) is 5.33. The van der Waals surface area contributed by atoms with Crippen LogP contribution in [0.25, 0.3) is 0 Å². The van der Waals surface area contributed by atoms with Gasteiger partial charge < -0.3 is 15.4 Å². The van der Waals surface area contributed by atoms with Crippen LogP contribution in [-0.2, 0) is 16.6 Å². The average Bonchev–Trinajstić information content (AvgIpc) is 2.73. The number of aliphatic imine (C=N–C) groups is 1. The van der Waals surface area contributed by atoms with E-state index in [4.69, 9.17) is 4.74 Å². The number of hydrogen-bond acceptors (Lipinski definition) is 4. The Balaban J connectivity index is 0.00000480. The lowest BCUT2D eigenvalue weighted by Crippen LogP contribution is -2.41. The maximum atomic E-state index is 13.0. The molecule has 1 unspecified atom stereocenters. The van der Waals surface area contributed by atoms with Gasteiger partial charge in [-0.2, -0.15) is 0 Å². The lowest BCUT2D eigenvalue weighted by molar-refractivity contribution is 0.230. The van der Waals surface area contributed by atoms with E-state index in [1.54, 1.807) is 12.1 Å². The fourth-order valence-corrected chi connectivity index (χ4v) is 3.41. The SMILES string of the molecule is CCNC(=NCC(C)Oc1ccc(F)cc1)NCCS(=O)(=O)NCc1ccccc1.I. The van der Waals surface area contributed by atoms with Crippen molar-refractivity contribution in [2.24, 2.45) is 4.99 Å². The second kappa shape index (κ2) is 14.2. The Morgan fingerprint density at radius 1 is 1.10 bits per heavy atom. The molecule has 0 heterocycles. The molecule has 0 aliphatic rings. The summed E-state index contributed by atoms with van der Waals surface area (Å²) < 4.78 is 45.6. The van der Waals surface area contributed by atoms with Crippen molar-refractivity contribution in [1.29, 1.82) is 0 Å². The summed E-state index contributed by atoms with van der Waals surface area (Å²) in [6, 6.07) is 15.1. The van der Waals surface area contributed by atoms with Crippen LogP contribution in [0.2, 0.25) is 0 Å². The van der Waals surface area contributed by atoms with Crippen LogP contribution in [0, 0.1) is 5.82 Å². The number of ether oxygens (including phenoxy) is 1. The van der Waals surface area contributed by atoms with E-state index in [9.17, 15) is 12.8 Å². The minimum Gasteiger partial charge on any atom is -0.489 e. The minimum absolute atomic E-state index is 0. The smallest absolute Gasteiger partial charge is 0.213 e. The van der Waals surface area contributed by atoms with Gasteiger partial charge in [0.2, 0.25) is 10.0 Å². The zero-order valence-electron chi connectivity index (χ0n) is 17.7. The van der Waals surface area contributed by atoms with Gasteiger partial charge >= 0.3 is 0 Å². The molecule has 2 aromatic rings. The summed E-state index contributed by atoms with van der Waals surface area (Å²) in [6.07, 6.45) is -0.234. The van der Waals surface area contributed by atoms with E-state index in [0.717, 1.165) is 5.56 Å². The summed E-state index contributed by atoms with van der Waals surface area (Å²) in [7, 11) is -3.42. The molecule has 2 rings (SSSR count). The predicted octanol–water partition coefficient (Wildman–Crippen LogP) is 2.89. The molecule has 172 valence electrons. The Hall–Kier alpha value is -1.92. The maximum absolute atomic E-state index is 13.0. The first-order chi connectivity index (χ1) is 14.4. The van der Waals surface area contributed by atoms with Gasteiger partial charge in [-0.15, -0.1) is 24.0 Å². The van der Waals surface area contributed by atoms with E-state index in [2.05, 4.69) is 20.3 Å². The molecular formula is C21H30FIN4O3S. The molecule has 1 atom stereocenters. The lowest BCUT2D eigenvalue weighted by atomic mass is 10.2. The summed E-state index contributed by atoms with van der Waals surface area (Å²) in [6.45, 7) is 5.24. The van der Waals surface area contributed by atoms with Crippen LogP contribution in [0.15, 0.2) is 59.6 Å². The number of hydrogen-bond donors (Lipinski definition) is 3. The van der Waals surface area contributed by atoms with Crippen molar-refractivity contribution in [2.75, 3.05) is 25.4 Å². The summed E-state index contributed by atoms with van der Waals surface area (Å²) in [4.78, 5) is 4.42. The number of nitrogens with one attached hydrogen (secondary N) is 3. The fourth-order valence-electron chi connectivity index (χ4n) is 2.51. The Morgan fingerprint density at radius 2 is 1.77 bits per heavy atom. The van der Waals surface area contributed by atoms with Gasteiger partial charge in [-0.1, -0.05) is 30.3 Å². The van der Waals surface area contributed by atoms with E-state index in [-0.39, 0.29) is 54.7 Å². The van der Waals surface area contributed by atoms with Gasteiger partial charge in [0.1, 0.15) is 17.7 Å². The number of rotatable bonds is 11. The van der Waals surface area contributed by atoms with Gasteiger partial charge in [-0.25, -0.2) is 22.5 Å². The summed E-state index contributed by atoms with van der Waals surface area (Å²) in [5.74, 6) is 0.670. The molecule has 7 nitrogen and oxygen atoms in total. The molecule has 10 heteroatoms. The molecule has 0 saturated carbocycles. The number of guanidine groups is 1. The standard InChI is InChI=1S/C21H29FN4O3S.HI/c1-3-23-21(25-15-17(2)29-20-11-9-19(22)10-12-20)24-13-14-30(27,28)26-16-18-7-5-4-6-8-18;/h4-12,17,26H,3,13-16H2,1-2H3,(H2,23,24,25);1H. The zero-order valence-corrected chi connectivity index (χ0v) is 20.8. The molecule has 3 N–H and O–H groups in total. The van der Waals surface area contributed by atoms with Gasteiger partial charge in [0.25, 0.3) is 0 Å². The zero-order chi connectivity index (χ0) is 21.8. The Labute approximate surface area is 201 Å². The first-order valence-corrected chi connectivity index (χ1v) is 11.5. The lowest BCUT2D eigenvalue weighted by Gasteiger charge is -2.15. The number of benzene rings is 2. The quantitative estimate of drug-likeness (QED) is 0.222. The molecule has 0 spiro atoms. The summed E-state index contributed by atoms with van der Waals surface area (Å²) in [5.41, 5.74) is 0.902. The highest BCUT2D eigenvalue weighted by Crippen LogP contribution is 2.13. The Kier molecular flexibility index (Phi) is 12.4. The molecule has 0 radical (unpaired) electrons. The van der Waals surface area contributed by atoms with Crippen molar-refractivity contribution < 1.29 is 17.5 Å². The topological polar surface area (TPSA) is 91.8 Å². The third kappa shape index (κ3) is 11.3. The maximum Gasteiger partial charge on any atom is 0.213 e. The molecule has 0 bridgehead atoms. The molecular weight excluding hydrogens is 534 g/mol. The molecule has 31 heavy (non-hydrogen) atoms. The first kappa shape index (κ1) is 27.1. The normalized spacial score (nSPS) is 12.5. The van der Waals surface area contributed by atoms with Crippen molar-refractivity contribution in [3.05, 3.63) is 66.0 Å². The van der Waals surface area contributed by atoms with Gasteiger partial charge in [0.15, 0.2) is 5.96 Å². The fraction of sp³-hybridized carbons (Fsp3) is 0.381. The monoisotopic (exact) mass is 564 g/mol. The first-order valence-electron chi connectivity index (χ1n) is 9.83. The van der Waals surface area contributed by atoms with E-state index in [0.29, 0.717) is 24.8 Å². The highest BCUT2D eigenvalue weighted by atomic mass is 127. The van der Waals surface area contributed by atoms with Crippen LogP contribution in [0.4, 0.5) is 4.39 Å². The van der Waals surface area contributed by atoms with Crippen molar-refractivity contribution in [3.8, 4) is 5.75 Å². The molecule has 2 aromatic carbocycles. The predicted molar refractivity (Wildman–Crippen MR) is 133 cm³/mol. The largest absolute Gasteiger partial charge is 0.489 e. The van der Waals surface area contributed by atoms with Crippen LogP contribution in [0.1, 0.15) is 19.4 Å². The molecule has 0 aliphatic heterocycles. The molecule has 0 saturated heterocycles. The minimum atomic E-state index is -3.42. The highest BCUT2D eigenvalue weighted by molar-refractivity contribution is 14.0. The molecule has 0 amide bonds. The number of halogens is 2. The van der Waals surface area contributed by atoms with Crippen LogP contribution in [0.5, 0.6) is 5.75 Å². The average molecular weight is 564 g/mol.